The number of rotatable bonds is 1. The van der Waals surface area contributed by atoms with Crippen molar-refractivity contribution >= 4 is 11.6 Å². The maximum atomic E-state index is 5.28. The molecule has 0 saturated heterocycles. The van der Waals surface area contributed by atoms with E-state index in [1.165, 1.54) is 11.3 Å². The fourth-order valence-corrected chi connectivity index (χ4v) is 1.71. The second-order valence-corrected chi connectivity index (χ2v) is 5.05. The van der Waals surface area contributed by atoms with Gasteiger partial charge >= 0.3 is 5.90 Å². The summed E-state index contributed by atoms with van der Waals surface area (Å²) in [6, 6.07) is 8.45. The first-order valence-electron chi connectivity index (χ1n) is 5.58. The van der Waals surface area contributed by atoms with Crippen molar-refractivity contribution < 1.29 is 9.31 Å². The summed E-state index contributed by atoms with van der Waals surface area (Å²) in [6.45, 7) is 8.64. The van der Waals surface area contributed by atoms with Crippen LogP contribution in [-0.4, -0.2) is 24.6 Å². The Bertz CT molecular complexity index is 399. The molecule has 0 atom stereocenters. The molecule has 0 bridgehead atoms. The summed E-state index contributed by atoms with van der Waals surface area (Å²) in [5, 5.41) is 0. The van der Waals surface area contributed by atoms with E-state index in [0.29, 0.717) is 0 Å². The first kappa shape index (κ1) is 12.8. The van der Waals surface area contributed by atoms with Gasteiger partial charge in [-0.2, -0.15) is 4.58 Å². The van der Waals surface area contributed by atoms with E-state index in [1.807, 2.05) is 14.0 Å². The van der Waals surface area contributed by atoms with Crippen molar-refractivity contribution in [2.45, 2.75) is 33.1 Å². The molecule has 0 aliphatic rings. The van der Waals surface area contributed by atoms with E-state index in [9.17, 15) is 0 Å². The molecule has 0 heterocycles. The molecule has 1 rings (SSSR count). The Kier molecular flexibility index (Phi) is 3.74. The van der Waals surface area contributed by atoms with Crippen molar-refractivity contribution in [2.75, 3.05) is 14.2 Å². The molecule has 2 heteroatoms. The van der Waals surface area contributed by atoms with Gasteiger partial charge in [-0.3, -0.25) is 0 Å². The fraction of sp³-hybridized carbons (Fsp3) is 0.500. The fourth-order valence-electron chi connectivity index (χ4n) is 1.71. The minimum atomic E-state index is 0.138. The van der Waals surface area contributed by atoms with Crippen molar-refractivity contribution in [3.63, 3.8) is 0 Å². The van der Waals surface area contributed by atoms with Gasteiger partial charge in [0.05, 0.1) is 14.0 Å². The third kappa shape index (κ3) is 2.63. The molecule has 0 spiro atoms. The van der Waals surface area contributed by atoms with E-state index in [2.05, 4.69) is 49.6 Å². The Morgan fingerprint density at radius 2 is 1.75 bits per heavy atom. The lowest BCUT2D eigenvalue weighted by Gasteiger charge is -2.20. The Balaban J connectivity index is 3.36. The van der Waals surface area contributed by atoms with E-state index in [4.69, 9.17) is 4.74 Å². The van der Waals surface area contributed by atoms with E-state index in [0.717, 1.165) is 5.90 Å². The van der Waals surface area contributed by atoms with E-state index in [-0.39, 0.29) is 5.41 Å². The largest absolute Gasteiger partial charge is 0.451 e. The van der Waals surface area contributed by atoms with Gasteiger partial charge in [-0.1, -0.05) is 39.0 Å². The Labute approximate surface area is 98.6 Å². The van der Waals surface area contributed by atoms with Gasteiger partial charge < -0.3 is 4.74 Å². The maximum absolute atomic E-state index is 5.28. The summed E-state index contributed by atoms with van der Waals surface area (Å²) >= 11 is 0. The normalized spacial score (nSPS) is 13.4. The van der Waals surface area contributed by atoms with Crippen LogP contribution in [-0.2, 0) is 10.2 Å². The molecular formula is C14H22NO+. The van der Waals surface area contributed by atoms with Gasteiger partial charge in [-0.25, -0.2) is 0 Å². The van der Waals surface area contributed by atoms with Crippen LogP contribution in [0, 0.1) is 0 Å². The highest BCUT2D eigenvalue weighted by Crippen LogP contribution is 2.30. The van der Waals surface area contributed by atoms with Crippen molar-refractivity contribution in [3.05, 3.63) is 29.8 Å². The molecule has 0 saturated carbocycles. The number of methoxy groups -OCH3 is 1. The van der Waals surface area contributed by atoms with Gasteiger partial charge in [0.15, 0.2) is 0 Å². The summed E-state index contributed by atoms with van der Waals surface area (Å²) in [5.74, 6) is 0.900. The van der Waals surface area contributed by atoms with E-state index >= 15 is 0 Å². The highest BCUT2D eigenvalue weighted by atomic mass is 16.5. The second kappa shape index (κ2) is 4.69. The molecule has 0 aliphatic heterocycles. The van der Waals surface area contributed by atoms with Crippen molar-refractivity contribution in [1.29, 1.82) is 0 Å². The first-order chi connectivity index (χ1) is 7.38. The van der Waals surface area contributed by atoms with Crippen LogP contribution < -0.4 is 0 Å². The number of hydrogen-bond donors (Lipinski definition) is 0. The average Bonchev–Trinajstić information content (AvgIpc) is 2.26. The molecule has 0 aliphatic carbocycles. The zero-order valence-electron chi connectivity index (χ0n) is 11.2. The van der Waals surface area contributed by atoms with Crippen molar-refractivity contribution in [1.82, 2.24) is 0 Å². The quantitative estimate of drug-likeness (QED) is 0.402. The Hall–Kier alpha value is -1.31. The standard InChI is InChI=1S/C14H22NO/c1-11(16-6)15(5)13-10-8-7-9-12(13)14(2,3)4/h7-10H,1-6H3/q+1. The first-order valence-corrected chi connectivity index (χ1v) is 5.58. The summed E-state index contributed by atoms with van der Waals surface area (Å²) in [4.78, 5) is 0. The highest BCUT2D eigenvalue weighted by Gasteiger charge is 2.23. The Morgan fingerprint density at radius 3 is 2.25 bits per heavy atom. The summed E-state index contributed by atoms with van der Waals surface area (Å²) in [7, 11) is 3.73. The van der Waals surface area contributed by atoms with Crippen LogP contribution in [0.1, 0.15) is 33.3 Å². The van der Waals surface area contributed by atoms with Gasteiger partial charge in [0, 0.05) is 11.6 Å². The lowest BCUT2D eigenvalue weighted by atomic mass is 9.86. The predicted molar refractivity (Wildman–Crippen MR) is 68.7 cm³/mol. The van der Waals surface area contributed by atoms with Crippen LogP contribution in [0.3, 0.4) is 0 Å². The zero-order valence-corrected chi connectivity index (χ0v) is 11.2. The summed E-state index contributed by atoms with van der Waals surface area (Å²) in [5.41, 5.74) is 2.67. The SMILES string of the molecule is COC(C)=[N+](C)c1ccccc1C(C)(C)C. The van der Waals surface area contributed by atoms with Crippen LogP contribution in [0.15, 0.2) is 24.3 Å². The third-order valence-corrected chi connectivity index (χ3v) is 2.84. The van der Waals surface area contributed by atoms with Crippen molar-refractivity contribution in [2.24, 2.45) is 0 Å². The molecule has 88 valence electrons. The molecule has 0 unspecified atom stereocenters. The molecule has 1 aromatic rings. The predicted octanol–water partition coefficient (Wildman–Crippen LogP) is 3.32. The molecule has 0 radical (unpaired) electrons. The molecule has 16 heavy (non-hydrogen) atoms. The van der Waals surface area contributed by atoms with Crippen LogP contribution in [0.2, 0.25) is 0 Å². The van der Waals surface area contributed by atoms with Crippen LogP contribution in [0.5, 0.6) is 0 Å². The number of ether oxygens (including phenoxy) is 1. The molecule has 2 nitrogen and oxygen atoms in total. The van der Waals surface area contributed by atoms with Gasteiger partial charge in [0.1, 0.15) is 7.05 Å². The average molecular weight is 220 g/mol. The lowest BCUT2D eigenvalue weighted by Crippen LogP contribution is -2.18. The molecule has 0 N–H and O–H groups in total. The van der Waals surface area contributed by atoms with Crippen LogP contribution in [0.4, 0.5) is 5.69 Å². The second-order valence-electron chi connectivity index (χ2n) is 5.05. The highest BCUT2D eigenvalue weighted by molar-refractivity contribution is 5.69. The van der Waals surface area contributed by atoms with Gasteiger partial charge in [-0.05, 0) is 5.41 Å². The molecule has 1 aromatic carbocycles. The van der Waals surface area contributed by atoms with E-state index in [1.54, 1.807) is 7.11 Å². The van der Waals surface area contributed by atoms with Gasteiger partial charge in [0.25, 0.3) is 0 Å². The number of para-hydroxylation sites is 1. The minimum absolute atomic E-state index is 0.138. The number of benzene rings is 1. The molecule has 0 fully saturated rings. The van der Waals surface area contributed by atoms with E-state index < -0.39 is 0 Å². The number of nitrogens with zero attached hydrogens (tertiary/aromatic N) is 1. The monoisotopic (exact) mass is 220 g/mol. The zero-order chi connectivity index (χ0) is 12.3. The number of hydrogen-bond acceptors (Lipinski definition) is 1. The summed E-state index contributed by atoms with van der Waals surface area (Å²) in [6.07, 6.45) is 0. The van der Waals surface area contributed by atoms with Gasteiger partial charge in [-0.15, -0.1) is 0 Å². The van der Waals surface area contributed by atoms with Crippen LogP contribution >= 0.6 is 0 Å². The topological polar surface area (TPSA) is 12.2 Å². The van der Waals surface area contributed by atoms with Crippen molar-refractivity contribution in [3.8, 4) is 0 Å². The maximum Gasteiger partial charge on any atom is 0.338 e. The Morgan fingerprint density at radius 1 is 1.19 bits per heavy atom. The molecule has 0 aromatic heterocycles. The van der Waals surface area contributed by atoms with Crippen LogP contribution in [0.25, 0.3) is 0 Å². The smallest absolute Gasteiger partial charge is 0.338 e. The van der Waals surface area contributed by atoms with Gasteiger partial charge in [0.2, 0.25) is 5.69 Å². The molecular weight excluding hydrogens is 198 g/mol. The lowest BCUT2D eigenvalue weighted by molar-refractivity contribution is -0.417. The molecule has 0 amide bonds. The third-order valence-electron chi connectivity index (χ3n) is 2.84. The summed E-state index contributed by atoms with van der Waals surface area (Å²) < 4.78 is 7.36. The minimum Gasteiger partial charge on any atom is -0.451 e.